The number of benzene rings is 2. The largest absolute Gasteiger partial charge is 0.541 e. The van der Waals surface area contributed by atoms with E-state index >= 15 is 0 Å². The first-order valence-corrected chi connectivity index (χ1v) is 13.4. The van der Waals surface area contributed by atoms with Gasteiger partial charge in [-0.1, -0.05) is 38.5 Å². The van der Waals surface area contributed by atoms with Gasteiger partial charge >= 0.3 is 12.1 Å². The van der Waals surface area contributed by atoms with Crippen LogP contribution in [0.25, 0.3) is 0 Å². The van der Waals surface area contributed by atoms with Gasteiger partial charge in [0.15, 0.2) is 5.75 Å². The molecular weight excluding hydrogens is 449 g/mol. The van der Waals surface area contributed by atoms with Crippen LogP contribution < -0.4 is 14.2 Å². The van der Waals surface area contributed by atoms with Gasteiger partial charge in [0.05, 0.1) is 19.0 Å². The van der Waals surface area contributed by atoms with Crippen molar-refractivity contribution in [3.63, 3.8) is 0 Å². The Kier molecular flexibility index (Phi) is 7.68. The summed E-state index contributed by atoms with van der Waals surface area (Å²) in [5.74, 6) is -1.08. The highest BCUT2D eigenvalue weighted by Gasteiger charge is 2.44. The van der Waals surface area contributed by atoms with Crippen molar-refractivity contribution >= 4 is 26.1 Å². The number of alkyl halides is 3. The van der Waals surface area contributed by atoms with Crippen molar-refractivity contribution in [1.82, 2.24) is 0 Å². The molecule has 0 unspecified atom stereocenters. The number of halogens is 3. The van der Waals surface area contributed by atoms with Crippen LogP contribution in [0.3, 0.4) is 0 Å². The highest BCUT2D eigenvalue weighted by atomic mass is 28.4. The fourth-order valence-corrected chi connectivity index (χ4v) is 3.81. The Labute approximate surface area is 194 Å². The maximum atomic E-state index is 13.2. The van der Waals surface area contributed by atoms with Gasteiger partial charge in [0.25, 0.3) is 8.32 Å². The lowest BCUT2D eigenvalue weighted by atomic mass is 10.1. The number of hydrogen-bond acceptors (Lipinski definition) is 4. The minimum absolute atomic E-state index is 0.0253. The molecule has 0 aliphatic rings. The van der Waals surface area contributed by atoms with E-state index in [0.717, 1.165) is 5.56 Å². The topological polar surface area (TPSA) is 51.1 Å². The van der Waals surface area contributed by atoms with Gasteiger partial charge < -0.3 is 9.16 Å². The van der Waals surface area contributed by atoms with Gasteiger partial charge in [-0.15, -0.1) is 0 Å². The van der Waals surface area contributed by atoms with Crippen molar-refractivity contribution in [1.29, 1.82) is 0 Å². The lowest BCUT2D eigenvalue weighted by Gasteiger charge is -2.36. The van der Waals surface area contributed by atoms with E-state index in [0.29, 0.717) is 27.6 Å². The molecule has 9 heteroatoms. The van der Waals surface area contributed by atoms with Gasteiger partial charge in [0.1, 0.15) is 5.75 Å². The maximum Gasteiger partial charge on any atom is 0.473 e. The van der Waals surface area contributed by atoms with Crippen molar-refractivity contribution < 1.29 is 27.1 Å². The lowest BCUT2D eigenvalue weighted by molar-refractivity contribution is -0.170. The Morgan fingerprint density at radius 1 is 1.03 bits per heavy atom. The van der Waals surface area contributed by atoms with Crippen LogP contribution in [0.5, 0.6) is 11.5 Å². The van der Waals surface area contributed by atoms with Crippen LogP contribution >= 0.6 is 0 Å². The van der Waals surface area contributed by atoms with Gasteiger partial charge in [0, 0.05) is 0 Å². The van der Waals surface area contributed by atoms with E-state index < -0.39 is 20.4 Å². The van der Waals surface area contributed by atoms with E-state index in [1.165, 1.54) is 19.4 Å². The van der Waals surface area contributed by atoms with E-state index in [2.05, 4.69) is 39.0 Å². The first kappa shape index (κ1) is 26.4. The SMILES string of the molecule is COc1cc(/C=N/N(C(=O)C(F)(F)F)c2ccc(C)cc2C)ccc1O[Si](C)(C)C(C)(C)C. The van der Waals surface area contributed by atoms with Gasteiger partial charge in [-0.25, -0.2) is 0 Å². The molecule has 0 spiro atoms. The zero-order valence-corrected chi connectivity index (χ0v) is 21.3. The van der Waals surface area contributed by atoms with E-state index in [1.807, 2.05) is 6.92 Å². The predicted octanol–water partition coefficient (Wildman–Crippen LogP) is 6.63. The number of carbonyl (C=O) groups excluding carboxylic acids is 1. The molecule has 0 bridgehead atoms. The predicted molar refractivity (Wildman–Crippen MR) is 128 cm³/mol. The van der Waals surface area contributed by atoms with Gasteiger partial charge in [0.2, 0.25) is 0 Å². The Hall–Kier alpha value is -2.81. The normalized spacial score (nSPS) is 12.7. The number of nitrogens with zero attached hydrogens (tertiary/aromatic N) is 2. The molecule has 5 nitrogen and oxygen atoms in total. The second kappa shape index (κ2) is 9.58. The molecule has 0 aliphatic carbocycles. The number of anilines is 1. The van der Waals surface area contributed by atoms with Crippen molar-refractivity contribution in [2.45, 2.75) is 58.9 Å². The number of rotatable bonds is 6. The third kappa shape index (κ3) is 6.37. The van der Waals surface area contributed by atoms with Crippen LogP contribution in [0, 0.1) is 13.8 Å². The summed E-state index contributed by atoms with van der Waals surface area (Å²) < 4.78 is 51.5. The number of hydrogen-bond donors (Lipinski definition) is 0. The summed E-state index contributed by atoms with van der Waals surface area (Å²) in [4.78, 5) is 12.1. The molecule has 0 saturated carbocycles. The molecule has 0 atom stereocenters. The van der Waals surface area contributed by atoms with Gasteiger partial charge in [-0.3, -0.25) is 4.79 Å². The number of carbonyl (C=O) groups is 1. The Morgan fingerprint density at radius 2 is 1.67 bits per heavy atom. The van der Waals surface area contributed by atoms with Crippen molar-refractivity contribution in [3.05, 3.63) is 53.1 Å². The Morgan fingerprint density at radius 3 is 2.18 bits per heavy atom. The number of hydrazone groups is 1. The molecule has 0 heterocycles. The summed E-state index contributed by atoms with van der Waals surface area (Å²) in [5.41, 5.74) is 1.88. The zero-order chi connectivity index (χ0) is 25.2. The summed E-state index contributed by atoms with van der Waals surface area (Å²) >= 11 is 0. The average molecular weight is 481 g/mol. The van der Waals surface area contributed by atoms with Crippen LogP contribution in [0.1, 0.15) is 37.5 Å². The Balaban J connectivity index is 2.43. The smallest absolute Gasteiger partial charge is 0.473 e. The first-order valence-electron chi connectivity index (χ1n) is 10.5. The standard InChI is InChI=1S/C24H31F3N2O3Si/c1-16-9-11-19(17(2)13-16)29(22(30)24(25,26)27)28-15-18-10-12-20(21(14-18)31-6)32-33(7,8)23(3,4)5/h9-15H,1-8H3/b28-15+. The summed E-state index contributed by atoms with van der Waals surface area (Å²) in [5, 5.41) is 4.24. The highest BCUT2D eigenvalue weighted by Crippen LogP contribution is 2.40. The molecule has 0 radical (unpaired) electrons. The summed E-state index contributed by atoms with van der Waals surface area (Å²) in [7, 11) is -0.640. The maximum absolute atomic E-state index is 13.2. The van der Waals surface area contributed by atoms with Gasteiger partial charge in [-0.05, 0) is 67.4 Å². The summed E-state index contributed by atoms with van der Waals surface area (Å²) in [6.45, 7) is 14.0. The van der Waals surface area contributed by atoms with E-state index in [-0.39, 0.29) is 10.7 Å². The van der Waals surface area contributed by atoms with Crippen LogP contribution in [0.2, 0.25) is 18.1 Å². The van der Waals surface area contributed by atoms with Gasteiger partial charge in [-0.2, -0.15) is 23.3 Å². The molecule has 2 rings (SSSR count). The molecule has 1 amide bonds. The molecule has 180 valence electrons. The molecule has 0 saturated heterocycles. The van der Waals surface area contributed by atoms with E-state index in [4.69, 9.17) is 9.16 Å². The lowest BCUT2D eigenvalue weighted by Crippen LogP contribution is -2.43. The zero-order valence-electron chi connectivity index (χ0n) is 20.3. The molecule has 0 aliphatic heterocycles. The van der Waals surface area contributed by atoms with E-state index in [1.54, 1.807) is 37.3 Å². The number of methoxy groups -OCH3 is 1. The fourth-order valence-electron chi connectivity index (χ4n) is 2.79. The number of ether oxygens (including phenoxy) is 1. The average Bonchev–Trinajstić information content (AvgIpc) is 2.68. The minimum Gasteiger partial charge on any atom is -0.541 e. The minimum atomic E-state index is -5.08. The number of amides is 1. The molecule has 2 aromatic carbocycles. The third-order valence-electron chi connectivity index (χ3n) is 5.70. The Bertz CT molecular complexity index is 1040. The van der Waals surface area contributed by atoms with Crippen molar-refractivity contribution in [2.24, 2.45) is 5.10 Å². The number of aryl methyl sites for hydroxylation is 2. The van der Waals surface area contributed by atoms with E-state index in [9.17, 15) is 18.0 Å². The fraction of sp³-hybridized carbons (Fsp3) is 0.417. The third-order valence-corrected chi connectivity index (χ3v) is 10.0. The molecule has 2 aromatic rings. The van der Waals surface area contributed by atoms with Crippen molar-refractivity contribution in [3.8, 4) is 11.5 Å². The molecular formula is C24H31F3N2O3Si. The molecule has 0 fully saturated rings. The van der Waals surface area contributed by atoms with Crippen LogP contribution in [-0.4, -0.2) is 33.7 Å². The molecule has 33 heavy (non-hydrogen) atoms. The van der Waals surface area contributed by atoms with Crippen LogP contribution in [0.4, 0.5) is 18.9 Å². The molecule has 0 N–H and O–H groups in total. The van der Waals surface area contributed by atoms with Crippen LogP contribution in [-0.2, 0) is 4.79 Å². The highest BCUT2D eigenvalue weighted by molar-refractivity contribution is 6.74. The van der Waals surface area contributed by atoms with Crippen molar-refractivity contribution in [2.75, 3.05) is 12.1 Å². The second-order valence-electron chi connectivity index (χ2n) is 9.42. The van der Waals surface area contributed by atoms with Crippen LogP contribution in [0.15, 0.2) is 41.5 Å². The molecule has 0 aromatic heterocycles. The summed E-state index contributed by atoms with van der Waals surface area (Å²) in [6.07, 6.45) is -3.88. The quantitative estimate of drug-likeness (QED) is 0.265. The second-order valence-corrected chi connectivity index (χ2v) is 14.1. The first-order chi connectivity index (χ1) is 15.1. The monoisotopic (exact) mass is 480 g/mol. The summed E-state index contributed by atoms with van der Waals surface area (Å²) in [6, 6.07) is 9.75.